The van der Waals surface area contributed by atoms with Gasteiger partial charge in [-0.05, 0) is 45.5 Å². The second-order valence-corrected chi connectivity index (χ2v) is 5.76. The van der Waals surface area contributed by atoms with E-state index in [0.29, 0.717) is 0 Å². The van der Waals surface area contributed by atoms with Gasteiger partial charge in [0.25, 0.3) is 0 Å². The molecule has 0 aliphatic rings. The van der Waals surface area contributed by atoms with Crippen LogP contribution in [0, 0.1) is 6.92 Å². The van der Waals surface area contributed by atoms with Gasteiger partial charge in [0.05, 0.1) is 5.60 Å². The number of nitrogens with one attached hydrogen (secondary N) is 1. The number of hydrogen-bond acceptors (Lipinski definition) is 3. The molecular formula is C13H20BrNO2. The van der Waals surface area contributed by atoms with E-state index in [9.17, 15) is 5.11 Å². The molecule has 0 aliphatic carbocycles. The summed E-state index contributed by atoms with van der Waals surface area (Å²) in [4.78, 5) is 0. The topological polar surface area (TPSA) is 41.5 Å². The lowest BCUT2D eigenvalue weighted by Gasteiger charge is -2.21. The van der Waals surface area contributed by atoms with E-state index in [1.807, 2.05) is 26.1 Å². The minimum Gasteiger partial charge on any atom is -0.490 e. The van der Waals surface area contributed by atoms with Gasteiger partial charge in [-0.2, -0.15) is 0 Å². The Morgan fingerprint density at radius 3 is 2.59 bits per heavy atom. The molecule has 0 aliphatic heterocycles. The number of ether oxygens (including phenoxy) is 1. The molecule has 0 unspecified atom stereocenters. The van der Waals surface area contributed by atoms with Crippen LogP contribution in [0.3, 0.4) is 0 Å². The van der Waals surface area contributed by atoms with Crippen molar-refractivity contribution in [2.45, 2.75) is 32.9 Å². The Labute approximate surface area is 111 Å². The maximum absolute atomic E-state index is 9.70. The third-order valence-corrected chi connectivity index (χ3v) is 2.71. The molecule has 0 radical (unpaired) electrons. The van der Waals surface area contributed by atoms with Crippen molar-refractivity contribution in [3.05, 3.63) is 27.7 Å². The second-order valence-electron chi connectivity index (χ2n) is 4.84. The van der Waals surface area contributed by atoms with Crippen LogP contribution in [0.2, 0.25) is 0 Å². The predicted octanol–water partition coefficient (Wildman–Crippen LogP) is 2.63. The van der Waals surface area contributed by atoms with Crippen LogP contribution in [-0.4, -0.2) is 24.4 Å². The molecule has 0 saturated heterocycles. The van der Waals surface area contributed by atoms with E-state index in [2.05, 4.69) is 21.2 Å². The normalized spacial score (nSPS) is 11.6. The van der Waals surface area contributed by atoms with Crippen molar-refractivity contribution in [1.29, 1.82) is 0 Å². The summed E-state index contributed by atoms with van der Waals surface area (Å²) in [6.45, 7) is 6.50. The van der Waals surface area contributed by atoms with E-state index in [1.54, 1.807) is 13.8 Å². The van der Waals surface area contributed by atoms with E-state index in [1.165, 1.54) is 0 Å². The van der Waals surface area contributed by atoms with E-state index >= 15 is 0 Å². The fourth-order valence-electron chi connectivity index (χ4n) is 1.58. The molecule has 1 rings (SSSR count). The van der Waals surface area contributed by atoms with Crippen LogP contribution in [0.4, 0.5) is 0 Å². The molecule has 0 aromatic heterocycles. The van der Waals surface area contributed by atoms with Crippen LogP contribution in [0.25, 0.3) is 0 Å². The Bertz CT molecular complexity index is 386. The van der Waals surface area contributed by atoms with Gasteiger partial charge in [-0.15, -0.1) is 0 Å². The van der Waals surface area contributed by atoms with Gasteiger partial charge in [-0.3, -0.25) is 0 Å². The number of aliphatic hydroxyl groups is 1. The van der Waals surface area contributed by atoms with Crippen molar-refractivity contribution in [2.24, 2.45) is 0 Å². The SMILES string of the molecule is CNCc1cc(Br)cc(C)c1OCC(C)(C)O. The van der Waals surface area contributed by atoms with Crippen LogP contribution >= 0.6 is 15.9 Å². The zero-order valence-electron chi connectivity index (χ0n) is 10.8. The molecule has 0 fully saturated rings. The molecular weight excluding hydrogens is 282 g/mol. The van der Waals surface area contributed by atoms with Crippen LogP contribution in [0.5, 0.6) is 5.75 Å². The van der Waals surface area contributed by atoms with Crippen molar-refractivity contribution >= 4 is 15.9 Å². The number of halogens is 1. The lowest BCUT2D eigenvalue weighted by atomic mass is 10.1. The highest BCUT2D eigenvalue weighted by Crippen LogP contribution is 2.28. The van der Waals surface area contributed by atoms with Crippen molar-refractivity contribution in [1.82, 2.24) is 5.32 Å². The van der Waals surface area contributed by atoms with Crippen molar-refractivity contribution in [3.8, 4) is 5.75 Å². The maximum atomic E-state index is 9.70. The number of rotatable bonds is 5. The highest BCUT2D eigenvalue weighted by molar-refractivity contribution is 9.10. The zero-order chi connectivity index (χ0) is 13.1. The van der Waals surface area contributed by atoms with Crippen molar-refractivity contribution < 1.29 is 9.84 Å². The van der Waals surface area contributed by atoms with Crippen molar-refractivity contribution in [2.75, 3.05) is 13.7 Å². The van der Waals surface area contributed by atoms with Gasteiger partial charge in [0.1, 0.15) is 12.4 Å². The predicted molar refractivity (Wildman–Crippen MR) is 73.4 cm³/mol. The first-order chi connectivity index (χ1) is 7.83. The van der Waals surface area contributed by atoms with Crippen molar-refractivity contribution in [3.63, 3.8) is 0 Å². The zero-order valence-corrected chi connectivity index (χ0v) is 12.4. The molecule has 0 spiro atoms. The van der Waals surface area contributed by atoms with Gasteiger partial charge in [0.15, 0.2) is 0 Å². The Balaban J connectivity index is 2.95. The van der Waals surface area contributed by atoms with Gasteiger partial charge in [-0.1, -0.05) is 15.9 Å². The van der Waals surface area contributed by atoms with Gasteiger partial charge < -0.3 is 15.2 Å². The molecule has 1 aromatic carbocycles. The Morgan fingerprint density at radius 2 is 2.06 bits per heavy atom. The van der Waals surface area contributed by atoms with Gasteiger partial charge >= 0.3 is 0 Å². The summed E-state index contributed by atoms with van der Waals surface area (Å²) in [6, 6.07) is 4.04. The average molecular weight is 302 g/mol. The molecule has 0 atom stereocenters. The molecule has 0 bridgehead atoms. The average Bonchev–Trinajstić information content (AvgIpc) is 2.14. The molecule has 2 N–H and O–H groups in total. The smallest absolute Gasteiger partial charge is 0.126 e. The lowest BCUT2D eigenvalue weighted by molar-refractivity contribution is 0.0279. The quantitative estimate of drug-likeness (QED) is 0.878. The number of benzene rings is 1. The first-order valence-electron chi connectivity index (χ1n) is 5.62. The largest absolute Gasteiger partial charge is 0.490 e. The molecule has 0 heterocycles. The number of hydrogen-bond donors (Lipinski definition) is 2. The molecule has 17 heavy (non-hydrogen) atoms. The molecule has 4 heteroatoms. The van der Waals surface area contributed by atoms with Gasteiger partial charge in [0, 0.05) is 16.6 Å². The van der Waals surface area contributed by atoms with E-state index in [4.69, 9.17) is 4.74 Å². The van der Waals surface area contributed by atoms with Crippen LogP contribution < -0.4 is 10.1 Å². The molecule has 0 amide bonds. The van der Waals surface area contributed by atoms with Crippen LogP contribution in [0.15, 0.2) is 16.6 Å². The second kappa shape index (κ2) is 5.85. The first kappa shape index (κ1) is 14.5. The van der Waals surface area contributed by atoms with Crippen LogP contribution in [0.1, 0.15) is 25.0 Å². The van der Waals surface area contributed by atoms with E-state index in [-0.39, 0.29) is 6.61 Å². The summed E-state index contributed by atoms with van der Waals surface area (Å²) in [7, 11) is 1.90. The minimum absolute atomic E-state index is 0.284. The van der Waals surface area contributed by atoms with Gasteiger partial charge in [0.2, 0.25) is 0 Å². The summed E-state index contributed by atoms with van der Waals surface area (Å²) < 4.78 is 6.77. The minimum atomic E-state index is -0.823. The fourth-order valence-corrected chi connectivity index (χ4v) is 2.20. The number of aryl methyl sites for hydroxylation is 1. The Hall–Kier alpha value is -0.580. The molecule has 1 aromatic rings. The molecule has 3 nitrogen and oxygen atoms in total. The summed E-state index contributed by atoms with van der Waals surface area (Å²) in [5.74, 6) is 0.852. The van der Waals surface area contributed by atoms with Crippen LogP contribution in [-0.2, 0) is 6.54 Å². The van der Waals surface area contributed by atoms with Gasteiger partial charge in [-0.25, -0.2) is 0 Å². The highest BCUT2D eigenvalue weighted by atomic mass is 79.9. The monoisotopic (exact) mass is 301 g/mol. The van der Waals surface area contributed by atoms with E-state index < -0.39 is 5.60 Å². The maximum Gasteiger partial charge on any atom is 0.126 e. The Kier molecular flexibility index (Phi) is 4.98. The first-order valence-corrected chi connectivity index (χ1v) is 6.41. The third-order valence-electron chi connectivity index (χ3n) is 2.25. The fraction of sp³-hybridized carbons (Fsp3) is 0.538. The summed E-state index contributed by atoms with van der Waals surface area (Å²) in [6.07, 6.45) is 0. The summed E-state index contributed by atoms with van der Waals surface area (Å²) >= 11 is 3.48. The highest BCUT2D eigenvalue weighted by Gasteiger charge is 2.16. The molecule has 0 saturated carbocycles. The molecule has 96 valence electrons. The standard InChI is InChI=1S/C13H20BrNO2/c1-9-5-11(14)6-10(7-15-4)12(9)17-8-13(2,3)16/h5-6,15-16H,7-8H2,1-4H3. The summed E-state index contributed by atoms with van der Waals surface area (Å²) in [5, 5.41) is 12.8. The third kappa shape index (κ3) is 4.66. The Morgan fingerprint density at radius 1 is 1.41 bits per heavy atom. The summed E-state index contributed by atoms with van der Waals surface area (Å²) in [5.41, 5.74) is 1.33. The lowest BCUT2D eigenvalue weighted by Crippen LogP contribution is -2.28. The van der Waals surface area contributed by atoms with E-state index in [0.717, 1.165) is 27.9 Å².